The van der Waals surface area contributed by atoms with Crippen LogP contribution in [0.4, 0.5) is 5.69 Å². The highest BCUT2D eigenvalue weighted by Gasteiger charge is 2.07. The van der Waals surface area contributed by atoms with E-state index in [1.165, 1.54) is 0 Å². The van der Waals surface area contributed by atoms with E-state index in [1.54, 1.807) is 0 Å². The molecule has 2 heteroatoms. The number of benzene rings is 5. The Morgan fingerprint density at radius 3 is 1.37 bits per heavy atom. The highest BCUT2D eigenvalue weighted by molar-refractivity contribution is 6.00. The van der Waals surface area contributed by atoms with Gasteiger partial charge in [0.15, 0.2) is 0 Å². The molecule has 0 aromatic heterocycles. The van der Waals surface area contributed by atoms with Crippen LogP contribution >= 0.6 is 0 Å². The summed E-state index contributed by atoms with van der Waals surface area (Å²) in [7, 11) is 0. The average molecular weight is 489 g/mol. The van der Waals surface area contributed by atoms with Gasteiger partial charge in [0, 0.05) is 5.56 Å². The largest absolute Gasteiger partial charge is 0.238 e. The molecule has 0 amide bonds. The minimum atomic E-state index is 0.470. The van der Waals surface area contributed by atoms with E-state index >= 15 is 0 Å². The zero-order valence-corrected chi connectivity index (χ0v) is 21.4. The van der Waals surface area contributed by atoms with Crippen LogP contribution in [0.5, 0.6) is 0 Å². The van der Waals surface area contributed by atoms with Gasteiger partial charge in [-0.25, -0.2) is 9.98 Å². The summed E-state index contributed by atoms with van der Waals surface area (Å²) in [6.07, 6.45) is 0. The molecule has 0 unspecified atom stereocenters. The number of para-hydroxylation sites is 1. The van der Waals surface area contributed by atoms with Crippen LogP contribution < -0.4 is 0 Å². The van der Waals surface area contributed by atoms with Gasteiger partial charge in [0.05, 0.1) is 23.4 Å². The van der Waals surface area contributed by atoms with Crippen molar-refractivity contribution in [2.24, 2.45) is 9.98 Å². The van der Waals surface area contributed by atoms with Gasteiger partial charge < -0.3 is 0 Å². The average Bonchev–Trinajstić information content (AvgIpc) is 2.98. The molecular weight excluding hydrogens is 460 g/mol. The number of aliphatic imine (C=N–C) groups is 2. The number of hydrogen-bond acceptors (Lipinski definition) is 2. The number of rotatable bonds is 7. The monoisotopic (exact) mass is 488 g/mol. The van der Waals surface area contributed by atoms with Crippen LogP contribution in [0.15, 0.2) is 150 Å². The van der Waals surface area contributed by atoms with Crippen molar-refractivity contribution in [3.8, 4) is 0 Å². The van der Waals surface area contributed by atoms with Gasteiger partial charge in [0.25, 0.3) is 0 Å². The van der Waals surface area contributed by atoms with Crippen molar-refractivity contribution >= 4 is 28.6 Å². The molecule has 182 valence electrons. The summed E-state index contributed by atoms with van der Waals surface area (Å²) < 4.78 is 0. The van der Waals surface area contributed by atoms with Crippen molar-refractivity contribution in [1.82, 2.24) is 0 Å². The highest BCUT2D eigenvalue weighted by atomic mass is 14.7. The Balaban J connectivity index is 1.56. The van der Waals surface area contributed by atoms with Gasteiger partial charge in [-0.1, -0.05) is 140 Å². The molecule has 0 bridgehead atoms. The molecule has 38 heavy (non-hydrogen) atoms. The van der Waals surface area contributed by atoms with Crippen molar-refractivity contribution in [3.05, 3.63) is 173 Å². The first-order chi connectivity index (χ1) is 18.8. The molecular formula is C36H28N2. The Kier molecular flexibility index (Phi) is 7.99. The third-order valence-electron chi connectivity index (χ3n) is 6.29. The molecule has 0 heterocycles. The molecule has 5 aromatic carbocycles. The van der Waals surface area contributed by atoms with E-state index in [0.717, 1.165) is 50.2 Å². The third-order valence-corrected chi connectivity index (χ3v) is 6.29. The van der Waals surface area contributed by atoms with E-state index in [-0.39, 0.29) is 0 Å². The fraction of sp³-hybridized carbons (Fsp3) is 0.0556. The second-order valence-corrected chi connectivity index (χ2v) is 8.95. The Morgan fingerprint density at radius 2 is 0.921 bits per heavy atom. The van der Waals surface area contributed by atoms with E-state index in [4.69, 9.17) is 9.98 Å². The predicted octanol–water partition coefficient (Wildman–Crippen LogP) is 8.73. The van der Waals surface area contributed by atoms with Crippen LogP contribution in [0.3, 0.4) is 0 Å². The zero-order valence-electron chi connectivity index (χ0n) is 21.4. The highest BCUT2D eigenvalue weighted by Crippen LogP contribution is 2.26. The second kappa shape index (κ2) is 12.3. The fourth-order valence-corrected chi connectivity index (χ4v) is 4.33. The lowest BCUT2D eigenvalue weighted by molar-refractivity contribution is 1.07. The molecule has 0 radical (unpaired) electrons. The Hall–Kier alpha value is -5.00. The summed E-state index contributed by atoms with van der Waals surface area (Å²) in [5, 5.41) is 0. The summed E-state index contributed by atoms with van der Waals surface area (Å²) in [5.74, 6) is 6.71. The molecule has 0 N–H and O–H groups in total. The normalized spacial score (nSPS) is 10.1. The lowest BCUT2D eigenvalue weighted by Crippen LogP contribution is -1.91. The maximum atomic E-state index is 4.89. The van der Waals surface area contributed by atoms with Crippen LogP contribution in [0.25, 0.3) is 11.1 Å². The molecule has 0 saturated carbocycles. The quantitative estimate of drug-likeness (QED) is 0.205. The summed E-state index contributed by atoms with van der Waals surface area (Å²) in [6, 6.07) is 47.3. The number of nitrogens with zero attached hydrogens (tertiary/aromatic N) is 2. The van der Waals surface area contributed by atoms with Gasteiger partial charge in [0.1, 0.15) is 0 Å². The van der Waals surface area contributed by atoms with Gasteiger partial charge in [-0.3, -0.25) is 0 Å². The lowest BCUT2D eigenvalue weighted by atomic mass is 9.99. The molecule has 0 fully saturated rings. The summed E-state index contributed by atoms with van der Waals surface area (Å²) in [4.78, 5) is 9.65. The molecule has 0 aliphatic carbocycles. The maximum Gasteiger partial charge on any atom is 0.0810 e. The number of hydrogen-bond donors (Lipinski definition) is 0. The summed E-state index contributed by atoms with van der Waals surface area (Å²) in [6.45, 7) is 2.55. The van der Waals surface area contributed by atoms with Crippen molar-refractivity contribution in [3.63, 3.8) is 0 Å². The van der Waals surface area contributed by atoms with Crippen molar-refractivity contribution in [2.45, 2.75) is 13.5 Å². The van der Waals surface area contributed by atoms with Gasteiger partial charge in [-0.2, -0.15) is 0 Å². The SMILES string of the molecule is Cc1cccc(CN=C=C(c2ccccc2)c2ccccc2)c1N=C=C(c1ccccc1)c1ccccc1. The number of aryl methyl sites for hydroxylation is 1. The Morgan fingerprint density at radius 1 is 0.500 bits per heavy atom. The molecule has 0 atom stereocenters. The Labute approximate surface area is 224 Å². The van der Waals surface area contributed by atoms with Crippen molar-refractivity contribution in [2.75, 3.05) is 0 Å². The van der Waals surface area contributed by atoms with Gasteiger partial charge in [0.2, 0.25) is 0 Å². The van der Waals surface area contributed by atoms with Crippen LogP contribution in [-0.4, -0.2) is 11.7 Å². The first-order valence-corrected chi connectivity index (χ1v) is 12.7. The third kappa shape index (κ3) is 6.03. The van der Waals surface area contributed by atoms with Crippen LogP contribution in [-0.2, 0) is 6.54 Å². The molecule has 5 rings (SSSR count). The molecule has 0 aliphatic heterocycles. The molecule has 2 nitrogen and oxygen atoms in total. The second-order valence-electron chi connectivity index (χ2n) is 8.95. The van der Waals surface area contributed by atoms with Crippen molar-refractivity contribution < 1.29 is 0 Å². The van der Waals surface area contributed by atoms with E-state index in [2.05, 4.69) is 85.4 Å². The standard InChI is InChI=1S/C36H28N2/c1-28-15-14-24-33(25-37-26-34(29-16-6-2-7-17-29)30-18-8-3-9-19-30)36(28)38-27-35(31-20-10-4-11-21-31)32-22-12-5-13-23-32/h2-24H,25H2,1H3. The predicted molar refractivity (Wildman–Crippen MR) is 160 cm³/mol. The molecule has 0 saturated heterocycles. The van der Waals surface area contributed by atoms with E-state index in [9.17, 15) is 0 Å². The minimum absolute atomic E-state index is 0.470. The molecule has 0 aliphatic rings. The summed E-state index contributed by atoms with van der Waals surface area (Å²) >= 11 is 0. The molecule has 0 spiro atoms. The van der Waals surface area contributed by atoms with Crippen LogP contribution in [0.2, 0.25) is 0 Å². The summed E-state index contributed by atoms with van der Waals surface area (Å²) in [5.41, 5.74) is 9.27. The van der Waals surface area contributed by atoms with Crippen molar-refractivity contribution in [1.29, 1.82) is 0 Å². The minimum Gasteiger partial charge on any atom is -0.238 e. The first kappa shape index (κ1) is 24.7. The van der Waals surface area contributed by atoms with E-state index < -0.39 is 0 Å². The van der Waals surface area contributed by atoms with E-state index in [1.807, 2.05) is 72.8 Å². The first-order valence-electron chi connectivity index (χ1n) is 12.7. The maximum absolute atomic E-state index is 4.89. The van der Waals surface area contributed by atoms with Gasteiger partial charge in [-0.15, -0.1) is 0 Å². The topological polar surface area (TPSA) is 24.7 Å². The molecule has 5 aromatic rings. The van der Waals surface area contributed by atoms with Crippen LogP contribution in [0.1, 0.15) is 33.4 Å². The smallest absolute Gasteiger partial charge is 0.0810 e. The van der Waals surface area contributed by atoms with Gasteiger partial charge in [-0.05, 0) is 46.5 Å². The fourth-order valence-electron chi connectivity index (χ4n) is 4.33. The Bertz CT molecular complexity index is 1540. The lowest BCUT2D eigenvalue weighted by Gasteiger charge is -2.07. The zero-order chi connectivity index (χ0) is 26.0. The van der Waals surface area contributed by atoms with Crippen LogP contribution in [0, 0.1) is 6.92 Å². The van der Waals surface area contributed by atoms with Gasteiger partial charge >= 0.3 is 0 Å². The van der Waals surface area contributed by atoms with E-state index in [0.29, 0.717) is 6.54 Å².